The number of halogens is 1. The molecule has 0 aromatic heterocycles. The van der Waals surface area contributed by atoms with Crippen LogP contribution in [0.1, 0.15) is 91.8 Å². The first kappa shape index (κ1) is 27.2. The van der Waals surface area contributed by atoms with Crippen LogP contribution in [0.15, 0.2) is 42.5 Å². The van der Waals surface area contributed by atoms with Crippen molar-refractivity contribution < 1.29 is 9.13 Å². The van der Waals surface area contributed by atoms with Gasteiger partial charge in [-0.1, -0.05) is 97.0 Å². The molecule has 0 bridgehead atoms. The van der Waals surface area contributed by atoms with Crippen LogP contribution in [0.4, 0.5) is 4.39 Å². The molecule has 0 radical (unpaired) electrons. The van der Waals surface area contributed by atoms with Crippen LogP contribution >= 0.6 is 0 Å². The fourth-order valence-corrected chi connectivity index (χ4v) is 13.6. The third kappa shape index (κ3) is 4.50. The van der Waals surface area contributed by atoms with Crippen LogP contribution in [-0.2, 0) is 5.41 Å². The second-order valence-corrected chi connectivity index (χ2v) is 18.4. The van der Waals surface area contributed by atoms with Crippen molar-refractivity contribution in [3.8, 4) is 5.75 Å². The van der Waals surface area contributed by atoms with Gasteiger partial charge in [0.25, 0.3) is 0 Å². The van der Waals surface area contributed by atoms with Crippen molar-refractivity contribution in [3.05, 3.63) is 65.0 Å². The van der Waals surface area contributed by atoms with Crippen molar-refractivity contribution in [3.63, 3.8) is 0 Å². The molecule has 4 rings (SSSR count). The maximum absolute atomic E-state index is 15.5. The molecule has 2 aliphatic rings. The first-order chi connectivity index (χ1) is 16.7. The van der Waals surface area contributed by atoms with Crippen LogP contribution in [-0.4, -0.2) is 13.7 Å². The Bertz CT molecular complexity index is 1130. The van der Waals surface area contributed by atoms with Gasteiger partial charge >= 0.3 is 0 Å². The minimum atomic E-state index is -2.22. The smallest absolute Gasteiger partial charge is 0.123 e. The zero-order valence-corrected chi connectivity index (χ0v) is 25.2. The Morgan fingerprint density at radius 1 is 0.917 bits per heavy atom. The Kier molecular flexibility index (Phi) is 7.14. The molecule has 196 valence electrons. The average molecular weight is 507 g/mol. The van der Waals surface area contributed by atoms with Crippen molar-refractivity contribution in [2.45, 2.75) is 104 Å². The minimum absolute atomic E-state index is 0.116. The molecule has 5 unspecified atom stereocenters. The van der Waals surface area contributed by atoms with Gasteiger partial charge in [0.15, 0.2) is 0 Å². The number of allylic oxidation sites excluding steroid dienone is 1. The van der Waals surface area contributed by atoms with Crippen LogP contribution < -0.4 is 9.92 Å². The topological polar surface area (TPSA) is 9.23 Å². The SMILES string of the molecule is CC[Si](CC)(c1cc(F)cc(C(C)(C)C)c1OC(C)(C)C)C1C(C)C(C)C2c3ccccc3C=CC21. The van der Waals surface area contributed by atoms with Gasteiger partial charge in [-0.15, -0.1) is 0 Å². The van der Waals surface area contributed by atoms with E-state index in [0.29, 0.717) is 29.2 Å². The maximum atomic E-state index is 15.5. The summed E-state index contributed by atoms with van der Waals surface area (Å²) >= 11 is 0. The Labute approximate surface area is 220 Å². The number of hydrogen-bond acceptors (Lipinski definition) is 1. The highest BCUT2D eigenvalue weighted by Crippen LogP contribution is 2.61. The van der Waals surface area contributed by atoms with Crippen molar-refractivity contribution in [2.75, 3.05) is 0 Å². The van der Waals surface area contributed by atoms with Gasteiger partial charge < -0.3 is 4.74 Å². The molecule has 0 spiro atoms. The van der Waals surface area contributed by atoms with Gasteiger partial charge in [0, 0.05) is 5.56 Å². The van der Waals surface area contributed by atoms with Crippen LogP contribution in [0.3, 0.4) is 0 Å². The summed E-state index contributed by atoms with van der Waals surface area (Å²) < 4.78 is 22.3. The van der Waals surface area contributed by atoms with E-state index in [1.165, 1.54) is 16.3 Å². The fourth-order valence-electron chi connectivity index (χ4n) is 7.58. The van der Waals surface area contributed by atoms with Crippen molar-refractivity contribution >= 4 is 19.3 Å². The van der Waals surface area contributed by atoms with E-state index >= 15 is 4.39 Å². The second kappa shape index (κ2) is 9.46. The number of benzene rings is 2. The lowest BCUT2D eigenvalue weighted by molar-refractivity contribution is 0.129. The van der Waals surface area contributed by atoms with E-state index in [-0.39, 0.29) is 16.8 Å². The van der Waals surface area contributed by atoms with Gasteiger partial charge in [-0.05, 0) is 83.8 Å². The van der Waals surface area contributed by atoms with Gasteiger partial charge in [0.2, 0.25) is 0 Å². The number of rotatable bonds is 5. The Hall–Kier alpha value is -1.87. The van der Waals surface area contributed by atoms with Gasteiger partial charge in [-0.2, -0.15) is 0 Å². The van der Waals surface area contributed by atoms with Gasteiger partial charge in [0.05, 0.1) is 8.07 Å². The van der Waals surface area contributed by atoms with E-state index in [1.54, 1.807) is 6.07 Å². The molecular weight excluding hydrogens is 459 g/mol. The molecule has 1 saturated carbocycles. The van der Waals surface area contributed by atoms with Crippen molar-refractivity contribution in [2.24, 2.45) is 17.8 Å². The Morgan fingerprint density at radius 3 is 2.14 bits per heavy atom. The largest absolute Gasteiger partial charge is 0.488 e. The highest BCUT2D eigenvalue weighted by molar-refractivity contribution is 6.93. The molecule has 1 nitrogen and oxygen atoms in total. The van der Waals surface area contributed by atoms with Gasteiger partial charge in [0.1, 0.15) is 17.2 Å². The lowest BCUT2D eigenvalue weighted by atomic mass is 9.77. The predicted octanol–water partition coefficient (Wildman–Crippen LogP) is 9.08. The van der Waals surface area contributed by atoms with E-state index in [9.17, 15) is 0 Å². The zero-order valence-electron chi connectivity index (χ0n) is 24.2. The summed E-state index contributed by atoms with van der Waals surface area (Å²) in [5.74, 6) is 3.01. The maximum Gasteiger partial charge on any atom is 0.123 e. The zero-order chi connectivity index (χ0) is 26.6. The summed E-state index contributed by atoms with van der Waals surface area (Å²) in [6.45, 7) is 22.6. The molecule has 2 aromatic carbocycles. The molecule has 36 heavy (non-hydrogen) atoms. The molecule has 2 aliphatic carbocycles. The third-order valence-electron chi connectivity index (χ3n) is 9.35. The fraction of sp³-hybridized carbons (Fsp3) is 0.576. The monoisotopic (exact) mass is 506 g/mol. The molecule has 0 N–H and O–H groups in total. The highest BCUT2D eigenvalue weighted by atomic mass is 28.3. The quantitative estimate of drug-likeness (QED) is 0.367. The molecule has 2 aromatic rings. The lowest BCUT2D eigenvalue weighted by Gasteiger charge is -2.44. The van der Waals surface area contributed by atoms with E-state index in [0.717, 1.165) is 23.4 Å². The molecular formula is C33H47FOSi. The third-order valence-corrected chi connectivity index (χ3v) is 15.5. The predicted molar refractivity (Wildman–Crippen MR) is 156 cm³/mol. The first-order valence-electron chi connectivity index (χ1n) is 14.1. The summed E-state index contributed by atoms with van der Waals surface area (Å²) in [6, 6.07) is 14.7. The molecule has 0 saturated heterocycles. The van der Waals surface area contributed by atoms with E-state index in [4.69, 9.17) is 4.74 Å². The number of fused-ring (bicyclic) bond motifs is 3. The Morgan fingerprint density at radius 2 is 1.56 bits per heavy atom. The summed E-state index contributed by atoms with van der Waals surface area (Å²) in [4.78, 5) is 0. The van der Waals surface area contributed by atoms with E-state index in [1.807, 2.05) is 6.07 Å². The van der Waals surface area contributed by atoms with Crippen LogP contribution in [0, 0.1) is 23.6 Å². The summed E-state index contributed by atoms with van der Waals surface area (Å²) in [5, 5.41) is 1.21. The normalized spacial score (nSPS) is 26.0. The minimum Gasteiger partial charge on any atom is -0.488 e. The molecule has 1 fully saturated rings. The standard InChI is InChI=1S/C33H47FOSi/c1-11-36(12-2,28-20-24(34)19-27(32(5,6)7)30(28)35-33(8,9)10)31-22(4)21(3)29-25-16-14-13-15-23(25)17-18-26(29)31/h13-22,26,29,31H,11-12H2,1-10H3. The highest BCUT2D eigenvalue weighted by Gasteiger charge is 2.57. The lowest BCUT2D eigenvalue weighted by Crippen LogP contribution is -2.55. The molecule has 0 heterocycles. The van der Waals surface area contributed by atoms with Gasteiger partial charge in [-0.3, -0.25) is 0 Å². The molecule has 0 aliphatic heterocycles. The summed E-state index contributed by atoms with van der Waals surface area (Å²) in [7, 11) is -2.22. The van der Waals surface area contributed by atoms with Gasteiger partial charge in [-0.25, -0.2) is 4.39 Å². The summed E-state index contributed by atoms with van der Waals surface area (Å²) in [6.07, 6.45) is 4.87. The van der Waals surface area contributed by atoms with Crippen LogP contribution in [0.5, 0.6) is 5.75 Å². The van der Waals surface area contributed by atoms with Crippen LogP contribution in [0.2, 0.25) is 17.6 Å². The first-order valence-corrected chi connectivity index (χ1v) is 16.5. The average Bonchev–Trinajstić information content (AvgIpc) is 3.06. The van der Waals surface area contributed by atoms with E-state index in [2.05, 4.69) is 106 Å². The van der Waals surface area contributed by atoms with Crippen LogP contribution in [0.25, 0.3) is 6.08 Å². The Balaban J connectivity index is 1.97. The van der Waals surface area contributed by atoms with Crippen molar-refractivity contribution in [1.29, 1.82) is 0 Å². The summed E-state index contributed by atoms with van der Waals surface area (Å²) in [5.41, 5.74) is 3.86. The van der Waals surface area contributed by atoms with E-state index < -0.39 is 8.07 Å². The second-order valence-electron chi connectivity index (χ2n) is 13.5. The molecule has 5 atom stereocenters. The van der Waals surface area contributed by atoms with Crippen molar-refractivity contribution in [1.82, 2.24) is 0 Å². The number of ether oxygens (including phenoxy) is 1. The molecule has 3 heteroatoms. The molecule has 0 amide bonds. The number of hydrogen-bond donors (Lipinski definition) is 0.